The summed E-state index contributed by atoms with van der Waals surface area (Å²) in [5.41, 5.74) is 1.60. The second-order valence-electron chi connectivity index (χ2n) is 5.84. The second kappa shape index (κ2) is 7.04. The molecule has 1 aliphatic rings. The van der Waals surface area contributed by atoms with E-state index in [0.29, 0.717) is 23.1 Å². The highest BCUT2D eigenvalue weighted by Crippen LogP contribution is 2.35. The fraction of sp³-hybridized carbons (Fsp3) is 0.211. The highest BCUT2D eigenvalue weighted by Gasteiger charge is 2.20. The van der Waals surface area contributed by atoms with Crippen molar-refractivity contribution in [1.29, 1.82) is 0 Å². The molecule has 0 radical (unpaired) electrons. The van der Waals surface area contributed by atoms with E-state index in [9.17, 15) is 4.79 Å². The van der Waals surface area contributed by atoms with E-state index in [1.165, 1.54) is 11.3 Å². The van der Waals surface area contributed by atoms with Crippen LogP contribution in [0.5, 0.6) is 0 Å². The third-order valence-corrected chi connectivity index (χ3v) is 5.63. The number of anilines is 2. The van der Waals surface area contributed by atoms with E-state index in [1.54, 1.807) is 0 Å². The van der Waals surface area contributed by atoms with E-state index < -0.39 is 0 Å². The lowest BCUT2D eigenvalue weighted by Gasteiger charge is -2.31. The molecule has 0 bridgehead atoms. The zero-order valence-corrected chi connectivity index (χ0v) is 15.1. The summed E-state index contributed by atoms with van der Waals surface area (Å²) >= 11 is 7.92. The molecule has 1 saturated heterocycles. The van der Waals surface area contributed by atoms with E-state index in [-0.39, 0.29) is 5.91 Å². The lowest BCUT2D eigenvalue weighted by Crippen LogP contribution is -2.37. The van der Waals surface area contributed by atoms with Crippen LogP contribution in [0.3, 0.4) is 0 Å². The minimum atomic E-state index is -0.113. The van der Waals surface area contributed by atoms with E-state index >= 15 is 0 Å². The number of thiophene rings is 1. The van der Waals surface area contributed by atoms with Gasteiger partial charge >= 0.3 is 0 Å². The maximum Gasteiger partial charge on any atom is 0.265 e. The minimum absolute atomic E-state index is 0.113. The highest BCUT2D eigenvalue weighted by atomic mass is 35.5. The van der Waals surface area contributed by atoms with Crippen molar-refractivity contribution in [3.8, 4) is 0 Å². The molecule has 6 heteroatoms. The summed E-state index contributed by atoms with van der Waals surface area (Å²) in [6.07, 6.45) is 0. The van der Waals surface area contributed by atoms with Crippen molar-refractivity contribution in [1.82, 2.24) is 0 Å². The van der Waals surface area contributed by atoms with Crippen molar-refractivity contribution in [3.63, 3.8) is 0 Å². The molecule has 0 atom stereocenters. The van der Waals surface area contributed by atoms with Gasteiger partial charge in [-0.25, -0.2) is 0 Å². The first kappa shape index (κ1) is 16.4. The van der Waals surface area contributed by atoms with Gasteiger partial charge in [0.25, 0.3) is 5.91 Å². The molecule has 25 heavy (non-hydrogen) atoms. The monoisotopic (exact) mass is 372 g/mol. The zero-order valence-electron chi connectivity index (χ0n) is 13.5. The van der Waals surface area contributed by atoms with Gasteiger partial charge in [0.05, 0.1) is 34.5 Å². The van der Waals surface area contributed by atoms with Gasteiger partial charge in [-0.1, -0.05) is 35.9 Å². The summed E-state index contributed by atoms with van der Waals surface area (Å²) in [7, 11) is 0. The number of nitrogens with one attached hydrogen (secondary N) is 1. The number of fused-ring (bicyclic) bond motifs is 1. The van der Waals surface area contributed by atoms with Crippen molar-refractivity contribution in [3.05, 3.63) is 58.4 Å². The molecule has 0 spiro atoms. The maximum absolute atomic E-state index is 12.7. The number of nitrogens with zero attached hydrogens (tertiary/aromatic N) is 1. The molecule has 4 nitrogen and oxygen atoms in total. The molecule has 2 heterocycles. The molecule has 4 rings (SSSR count). The van der Waals surface area contributed by atoms with Crippen LogP contribution in [-0.4, -0.2) is 32.2 Å². The summed E-state index contributed by atoms with van der Waals surface area (Å²) in [6.45, 7) is 2.84. The summed E-state index contributed by atoms with van der Waals surface area (Å²) in [5, 5.41) is 4.75. The highest BCUT2D eigenvalue weighted by molar-refractivity contribution is 7.20. The smallest absolute Gasteiger partial charge is 0.265 e. The Labute approximate surface area is 155 Å². The van der Waals surface area contributed by atoms with Crippen LogP contribution < -0.4 is 10.2 Å². The Balaban J connectivity index is 1.63. The number of carbonyl (C=O) groups is 1. The Morgan fingerprint density at radius 2 is 1.92 bits per heavy atom. The summed E-state index contributed by atoms with van der Waals surface area (Å²) in [5.74, 6) is -0.113. The molecule has 0 saturated carbocycles. The first-order valence-electron chi connectivity index (χ1n) is 8.13. The lowest BCUT2D eigenvalue weighted by molar-refractivity contribution is 0.103. The van der Waals surface area contributed by atoms with Gasteiger partial charge < -0.3 is 15.0 Å². The minimum Gasteiger partial charge on any atom is -0.378 e. The number of morpholine rings is 1. The number of halogens is 1. The molecule has 1 N–H and O–H groups in total. The van der Waals surface area contributed by atoms with Gasteiger partial charge in [-0.2, -0.15) is 0 Å². The first-order chi connectivity index (χ1) is 12.2. The molecule has 2 aromatic carbocycles. The Morgan fingerprint density at radius 3 is 2.72 bits per heavy atom. The van der Waals surface area contributed by atoms with Crippen LogP contribution in [0.15, 0.2) is 48.5 Å². The number of para-hydroxylation sites is 1. The van der Waals surface area contributed by atoms with Gasteiger partial charge in [0.1, 0.15) is 0 Å². The molecule has 0 aliphatic carbocycles. The van der Waals surface area contributed by atoms with Crippen molar-refractivity contribution in [2.75, 3.05) is 36.5 Å². The van der Waals surface area contributed by atoms with Crippen LogP contribution in [0, 0.1) is 0 Å². The molecule has 0 unspecified atom stereocenters. The summed E-state index contributed by atoms with van der Waals surface area (Å²) < 4.78 is 6.52. The number of carbonyl (C=O) groups excluding carboxylic acids is 1. The van der Waals surface area contributed by atoms with Crippen LogP contribution in [0.1, 0.15) is 9.67 Å². The van der Waals surface area contributed by atoms with Crippen LogP contribution in [0.25, 0.3) is 10.1 Å². The fourth-order valence-electron chi connectivity index (χ4n) is 3.00. The Morgan fingerprint density at radius 1 is 1.12 bits per heavy atom. The van der Waals surface area contributed by atoms with E-state index in [1.807, 2.05) is 48.5 Å². The third-order valence-electron chi connectivity index (χ3n) is 4.21. The standard InChI is InChI=1S/C19H17ClN2O2S/c20-14-5-3-6-15(18(14)22-8-10-24-11-9-22)21-19(23)17-12-13-4-1-2-7-16(13)25-17/h1-7,12H,8-11H2,(H,21,23). The normalized spacial score (nSPS) is 14.7. The quantitative estimate of drug-likeness (QED) is 0.728. The number of hydrogen-bond donors (Lipinski definition) is 1. The predicted octanol–water partition coefficient (Wildman–Crippen LogP) is 4.64. The second-order valence-corrected chi connectivity index (χ2v) is 7.33. The van der Waals surface area contributed by atoms with Crippen LogP contribution >= 0.6 is 22.9 Å². The van der Waals surface area contributed by atoms with Crippen LogP contribution in [0.4, 0.5) is 11.4 Å². The van der Waals surface area contributed by atoms with E-state index in [2.05, 4.69) is 10.2 Å². The molecule has 1 amide bonds. The number of hydrogen-bond acceptors (Lipinski definition) is 4. The predicted molar refractivity (Wildman–Crippen MR) is 104 cm³/mol. The Bertz CT molecular complexity index is 886. The molecule has 1 aliphatic heterocycles. The molecular weight excluding hydrogens is 356 g/mol. The first-order valence-corrected chi connectivity index (χ1v) is 9.33. The van der Waals surface area contributed by atoms with Gasteiger partial charge in [-0.15, -0.1) is 11.3 Å². The molecule has 1 fully saturated rings. The maximum atomic E-state index is 12.7. The number of rotatable bonds is 3. The summed E-state index contributed by atoms with van der Waals surface area (Å²) in [4.78, 5) is 15.6. The molecule has 128 valence electrons. The third kappa shape index (κ3) is 3.35. The van der Waals surface area contributed by atoms with Crippen molar-refractivity contribution < 1.29 is 9.53 Å². The molecule has 1 aromatic heterocycles. The van der Waals surface area contributed by atoms with Crippen LogP contribution in [0.2, 0.25) is 5.02 Å². The van der Waals surface area contributed by atoms with Crippen molar-refractivity contribution in [2.45, 2.75) is 0 Å². The number of amides is 1. The Hall–Kier alpha value is -2.08. The van der Waals surface area contributed by atoms with Gasteiger partial charge in [-0.05, 0) is 29.7 Å². The Kier molecular flexibility index (Phi) is 4.61. The van der Waals surface area contributed by atoms with Gasteiger partial charge in [0, 0.05) is 17.8 Å². The van der Waals surface area contributed by atoms with Crippen LogP contribution in [-0.2, 0) is 4.74 Å². The molecule has 3 aromatic rings. The number of ether oxygens (including phenoxy) is 1. The zero-order chi connectivity index (χ0) is 17.2. The number of benzene rings is 2. The SMILES string of the molecule is O=C(Nc1cccc(Cl)c1N1CCOCC1)c1cc2ccccc2s1. The van der Waals surface area contributed by atoms with E-state index in [0.717, 1.165) is 34.6 Å². The average Bonchev–Trinajstić information content (AvgIpc) is 3.07. The van der Waals surface area contributed by atoms with Gasteiger partial charge in [0.2, 0.25) is 0 Å². The van der Waals surface area contributed by atoms with E-state index in [4.69, 9.17) is 16.3 Å². The summed E-state index contributed by atoms with van der Waals surface area (Å²) in [6, 6.07) is 15.5. The van der Waals surface area contributed by atoms with Gasteiger partial charge in [-0.3, -0.25) is 4.79 Å². The van der Waals surface area contributed by atoms with Gasteiger partial charge in [0.15, 0.2) is 0 Å². The van der Waals surface area contributed by atoms with Crippen molar-refractivity contribution >= 4 is 50.3 Å². The lowest BCUT2D eigenvalue weighted by atomic mass is 10.2. The largest absolute Gasteiger partial charge is 0.378 e. The van der Waals surface area contributed by atoms with Crippen molar-refractivity contribution in [2.24, 2.45) is 0 Å². The fourth-order valence-corrected chi connectivity index (χ4v) is 4.25. The molecular formula is C19H17ClN2O2S. The average molecular weight is 373 g/mol. The topological polar surface area (TPSA) is 41.6 Å².